The lowest BCUT2D eigenvalue weighted by atomic mass is 9.92. The number of carbonyl (C=O) groups is 1. The highest BCUT2D eigenvalue weighted by Crippen LogP contribution is 2.33. The van der Waals surface area contributed by atoms with Crippen LogP contribution in [0.3, 0.4) is 0 Å². The second-order valence-corrected chi connectivity index (χ2v) is 7.72. The van der Waals surface area contributed by atoms with Crippen molar-refractivity contribution in [3.63, 3.8) is 0 Å². The number of Topliss-reactive ketones (excluding diaryl/α,β-unsaturated/α-hetero) is 1. The molecular weight excluding hydrogens is 388 g/mol. The summed E-state index contributed by atoms with van der Waals surface area (Å²) in [4.78, 5) is 12.8. The average Bonchev–Trinajstić information content (AvgIpc) is 3.19. The highest BCUT2D eigenvalue weighted by Gasteiger charge is 2.18. The van der Waals surface area contributed by atoms with Crippen molar-refractivity contribution in [2.45, 2.75) is 32.9 Å². The van der Waals surface area contributed by atoms with Gasteiger partial charge >= 0.3 is 0 Å². The van der Waals surface area contributed by atoms with E-state index < -0.39 is 0 Å². The molecule has 3 rings (SSSR count). The van der Waals surface area contributed by atoms with Gasteiger partial charge in [-0.15, -0.1) is 10.2 Å². The van der Waals surface area contributed by atoms with Gasteiger partial charge in [0.15, 0.2) is 17.3 Å². The number of methoxy groups -OCH3 is 2. The smallest absolute Gasteiger partial charge is 0.277 e. The van der Waals surface area contributed by atoms with Crippen molar-refractivity contribution >= 4 is 17.5 Å². The average molecular weight is 413 g/mol. The van der Waals surface area contributed by atoms with Crippen molar-refractivity contribution in [3.05, 3.63) is 52.1 Å². The summed E-state index contributed by atoms with van der Waals surface area (Å²) in [5.41, 5.74) is 5.87. The van der Waals surface area contributed by atoms with Crippen LogP contribution in [0.1, 0.15) is 32.6 Å². The van der Waals surface area contributed by atoms with Crippen molar-refractivity contribution in [2.24, 2.45) is 0 Å². The molecule has 2 aromatic carbocycles. The fourth-order valence-electron chi connectivity index (χ4n) is 3.27. The lowest BCUT2D eigenvalue weighted by Crippen LogP contribution is -2.09. The molecule has 0 saturated heterocycles. The standard InChI is InChI=1S/C22H24N2O4S/c1-12-9-13(2)20(15(4)14(12)3)17(25)11-29-22-24-23-21(28-22)16-7-8-18(26-5)19(10-16)27-6/h7-10H,11H2,1-6H3. The largest absolute Gasteiger partial charge is 0.493 e. The van der Waals surface area contributed by atoms with Gasteiger partial charge < -0.3 is 13.9 Å². The summed E-state index contributed by atoms with van der Waals surface area (Å²) in [7, 11) is 3.15. The first-order valence-electron chi connectivity index (χ1n) is 9.15. The Kier molecular flexibility index (Phi) is 6.27. The van der Waals surface area contributed by atoms with Gasteiger partial charge in [-0.05, 0) is 68.1 Å². The molecule has 0 unspecified atom stereocenters. The van der Waals surface area contributed by atoms with E-state index in [2.05, 4.69) is 23.2 Å². The minimum absolute atomic E-state index is 0.0546. The van der Waals surface area contributed by atoms with Gasteiger partial charge in [0.05, 0.1) is 20.0 Å². The van der Waals surface area contributed by atoms with Gasteiger partial charge in [-0.2, -0.15) is 0 Å². The lowest BCUT2D eigenvalue weighted by molar-refractivity contribution is 0.102. The fourth-order valence-corrected chi connectivity index (χ4v) is 3.90. The van der Waals surface area contributed by atoms with E-state index in [1.165, 1.54) is 17.3 Å². The number of hydrogen-bond acceptors (Lipinski definition) is 7. The Morgan fingerprint density at radius 3 is 2.38 bits per heavy atom. The van der Waals surface area contributed by atoms with Crippen LogP contribution in [0.5, 0.6) is 11.5 Å². The van der Waals surface area contributed by atoms with E-state index in [1.54, 1.807) is 26.4 Å². The predicted octanol–water partition coefficient (Wildman–Crippen LogP) is 4.96. The molecule has 3 aromatic rings. The van der Waals surface area contributed by atoms with E-state index in [0.29, 0.717) is 28.2 Å². The SMILES string of the molecule is COc1ccc(-c2nnc(SCC(=O)c3c(C)cc(C)c(C)c3C)o2)cc1OC. The molecule has 0 aliphatic heterocycles. The van der Waals surface area contributed by atoms with Gasteiger partial charge in [0.2, 0.25) is 5.89 Å². The summed E-state index contributed by atoms with van der Waals surface area (Å²) in [6, 6.07) is 7.42. The molecule has 0 radical (unpaired) electrons. The van der Waals surface area contributed by atoms with E-state index in [9.17, 15) is 4.79 Å². The molecule has 0 N–H and O–H groups in total. The minimum atomic E-state index is 0.0546. The monoisotopic (exact) mass is 412 g/mol. The summed E-state index contributed by atoms with van der Waals surface area (Å²) in [5.74, 6) is 1.85. The minimum Gasteiger partial charge on any atom is -0.493 e. The first kappa shape index (κ1) is 20.9. The van der Waals surface area contributed by atoms with Crippen LogP contribution in [0.25, 0.3) is 11.5 Å². The molecule has 7 heteroatoms. The van der Waals surface area contributed by atoms with Crippen LogP contribution in [0.2, 0.25) is 0 Å². The molecule has 6 nitrogen and oxygen atoms in total. The summed E-state index contributed by atoms with van der Waals surface area (Å²) in [6.45, 7) is 8.07. The zero-order chi connectivity index (χ0) is 21.1. The van der Waals surface area contributed by atoms with Crippen LogP contribution in [0.15, 0.2) is 33.9 Å². The van der Waals surface area contributed by atoms with Crippen LogP contribution < -0.4 is 9.47 Å². The Balaban J connectivity index is 1.75. The third-order valence-electron chi connectivity index (χ3n) is 5.00. The quantitative estimate of drug-likeness (QED) is 0.401. The zero-order valence-electron chi connectivity index (χ0n) is 17.5. The molecule has 0 saturated carbocycles. The maximum atomic E-state index is 12.8. The van der Waals surface area contributed by atoms with Crippen molar-refractivity contribution in [2.75, 3.05) is 20.0 Å². The maximum absolute atomic E-state index is 12.8. The number of rotatable bonds is 7. The lowest BCUT2D eigenvalue weighted by Gasteiger charge is -2.13. The third-order valence-corrected chi connectivity index (χ3v) is 5.82. The highest BCUT2D eigenvalue weighted by molar-refractivity contribution is 7.99. The van der Waals surface area contributed by atoms with Crippen LogP contribution in [-0.4, -0.2) is 36.0 Å². The normalized spacial score (nSPS) is 10.8. The Morgan fingerprint density at radius 1 is 0.966 bits per heavy atom. The number of carbonyl (C=O) groups excluding carboxylic acids is 1. The molecule has 0 aliphatic rings. The van der Waals surface area contributed by atoms with Gasteiger partial charge in [0.25, 0.3) is 5.22 Å². The summed E-state index contributed by atoms with van der Waals surface area (Å²) >= 11 is 1.24. The summed E-state index contributed by atoms with van der Waals surface area (Å²) in [6.07, 6.45) is 0. The maximum Gasteiger partial charge on any atom is 0.277 e. The number of aryl methyl sites for hydroxylation is 2. The van der Waals surface area contributed by atoms with Crippen molar-refractivity contribution < 1.29 is 18.7 Å². The second-order valence-electron chi connectivity index (χ2n) is 6.79. The molecular formula is C22H24N2O4S. The van der Waals surface area contributed by atoms with E-state index in [0.717, 1.165) is 22.3 Å². The van der Waals surface area contributed by atoms with Gasteiger partial charge in [-0.25, -0.2) is 0 Å². The molecule has 0 amide bonds. The van der Waals surface area contributed by atoms with Crippen molar-refractivity contribution in [1.82, 2.24) is 10.2 Å². The van der Waals surface area contributed by atoms with Gasteiger partial charge in [-0.1, -0.05) is 17.8 Å². The Labute approximate surface area is 174 Å². The van der Waals surface area contributed by atoms with Crippen molar-refractivity contribution in [1.29, 1.82) is 0 Å². The molecule has 0 aliphatic carbocycles. The zero-order valence-corrected chi connectivity index (χ0v) is 18.3. The molecule has 152 valence electrons. The molecule has 1 aromatic heterocycles. The van der Waals surface area contributed by atoms with E-state index in [-0.39, 0.29) is 11.5 Å². The van der Waals surface area contributed by atoms with Crippen LogP contribution in [-0.2, 0) is 0 Å². The first-order valence-corrected chi connectivity index (χ1v) is 10.1. The van der Waals surface area contributed by atoms with Crippen molar-refractivity contribution in [3.8, 4) is 23.0 Å². The molecule has 1 heterocycles. The fraction of sp³-hybridized carbons (Fsp3) is 0.318. The molecule has 0 atom stereocenters. The Morgan fingerprint density at radius 2 is 1.69 bits per heavy atom. The Hall–Kier alpha value is -2.80. The summed E-state index contributed by atoms with van der Waals surface area (Å²) < 4.78 is 16.3. The number of benzene rings is 2. The number of thioether (sulfide) groups is 1. The number of ether oxygens (including phenoxy) is 2. The van der Waals surface area contributed by atoms with Crippen LogP contribution in [0, 0.1) is 27.7 Å². The highest BCUT2D eigenvalue weighted by atomic mass is 32.2. The third kappa shape index (κ3) is 4.29. The number of ketones is 1. The van der Waals surface area contributed by atoms with Gasteiger partial charge in [-0.3, -0.25) is 4.79 Å². The van der Waals surface area contributed by atoms with Crippen LogP contribution >= 0.6 is 11.8 Å². The van der Waals surface area contributed by atoms with Gasteiger partial charge in [0, 0.05) is 11.1 Å². The second kappa shape index (κ2) is 8.69. The predicted molar refractivity (Wildman–Crippen MR) is 113 cm³/mol. The van der Waals surface area contributed by atoms with E-state index >= 15 is 0 Å². The topological polar surface area (TPSA) is 74.5 Å². The molecule has 0 fully saturated rings. The number of aromatic nitrogens is 2. The Bertz CT molecular complexity index is 1060. The number of nitrogens with zero attached hydrogens (tertiary/aromatic N) is 2. The first-order chi connectivity index (χ1) is 13.8. The molecule has 0 bridgehead atoms. The van der Waals surface area contributed by atoms with E-state index in [4.69, 9.17) is 13.9 Å². The van der Waals surface area contributed by atoms with E-state index in [1.807, 2.05) is 26.8 Å². The number of hydrogen-bond donors (Lipinski definition) is 0. The molecule has 0 spiro atoms. The molecule has 29 heavy (non-hydrogen) atoms. The van der Waals surface area contributed by atoms with Gasteiger partial charge in [0.1, 0.15) is 0 Å². The van der Waals surface area contributed by atoms with Crippen LogP contribution in [0.4, 0.5) is 0 Å². The summed E-state index contributed by atoms with van der Waals surface area (Å²) in [5, 5.41) is 8.49.